The minimum Gasteiger partial charge on any atom is -0.360 e. The van der Waals surface area contributed by atoms with Gasteiger partial charge >= 0.3 is 0 Å². The number of benzene rings is 2. The summed E-state index contributed by atoms with van der Waals surface area (Å²) in [5.41, 5.74) is 6.14. The molecule has 0 unspecified atom stereocenters. The summed E-state index contributed by atoms with van der Waals surface area (Å²) in [7, 11) is 0. The number of H-pyrrole nitrogens is 1. The van der Waals surface area contributed by atoms with Crippen molar-refractivity contribution in [2.75, 3.05) is 6.54 Å². The average Bonchev–Trinajstić information content (AvgIpc) is 3.08. The SMILES string of the molecule is O=C(CNC(=O)c1cccc(Cl)c1)NNC(=O)c1c[nH]c2ccccc12. The van der Waals surface area contributed by atoms with Crippen LogP contribution in [-0.2, 0) is 4.79 Å². The Kier molecular flexibility index (Phi) is 5.19. The molecule has 0 aliphatic rings. The maximum atomic E-state index is 12.2. The van der Waals surface area contributed by atoms with E-state index < -0.39 is 17.7 Å². The molecular weight excluding hydrogens is 356 g/mol. The lowest BCUT2D eigenvalue weighted by atomic mass is 10.2. The molecule has 0 saturated carbocycles. The number of carbonyl (C=O) groups is 3. The quantitative estimate of drug-likeness (QED) is 0.528. The Morgan fingerprint density at radius 1 is 0.962 bits per heavy atom. The number of aromatic amines is 1. The van der Waals surface area contributed by atoms with Crippen LogP contribution in [0.15, 0.2) is 54.7 Å². The topological polar surface area (TPSA) is 103 Å². The Bertz CT molecular complexity index is 983. The summed E-state index contributed by atoms with van der Waals surface area (Å²) in [6.45, 7) is -0.292. The fourth-order valence-electron chi connectivity index (χ4n) is 2.39. The van der Waals surface area contributed by atoms with Crippen molar-refractivity contribution in [2.24, 2.45) is 0 Å². The van der Waals surface area contributed by atoms with Crippen LogP contribution in [0.2, 0.25) is 5.02 Å². The third-order valence-corrected chi connectivity index (χ3v) is 3.88. The zero-order chi connectivity index (χ0) is 18.5. The van der Waals surface area contributed by atoms with Gasteiger partial charge < -0.3 is 10.3 Å². The van der Waals surface area contributed by atoms with E-state index in [0.29, 0.717) is 16.1 Å². The van der Waals surface area contributed by atoms with Gasteiger partial charge in [-0.1, -0.05) is 35.9 Å². The number of nitrogens with one attached hydrogen (secondary N) is 4. The Morgan fingerprint density at radius 3 is 2.58 bits per heavy atom. The first-order chi connectivity index (χ1) is 12.5. The second-order valence-electron chi connectivity index (χ2n) is 5.44. The first-order valence-corrected chi connectivity index (χ1v) is 8.11. The average molecular weight is 371 g/mol. The highest BCUT2D eigenvalue weighted by atomic mass is 35.5. The molecule has 3 rings (SSSR count). The lowest BCUT2D eigenvalue weighted by Gasteiger charge is -2.08. The van der Waals surface area contributed by atoms with Crippen LogP contribution < -0.4 is 16.2 Å². The molecule has 3 amide bonds. The maximum Gasteiger partial charge on any atom is 0.271 e. The molecule has 0 aliphatic heterocycles. The smallest absolute Gasteiger partial charge is 0.271 e. The highest BCUT2D eigenvalue weighted by Crippen LogP contribution is 2.17. The van der Waals surface area contributed by atoms with Crippen molar-refractivity contribution in [1.82, 2.24) is 21.2 Å². The number of para-hydroxylation sites is 1. The van der Waals surface area contributed by atoms with Crippen molar-refractivity contribution in [3.63, 3.8) is 0 Å². The van der Waals surface area contributed by atoms with E-state index in [0.717, 1.165) is 10.9 Å². The first kappa shape index (κ1) is 17.5. The Morgan fingerprint density at radius 2 is 1.77 bits per heavy atom. The largest absolute Gasteiger partial charge is 0.360 e. The molecule has 0 fully saturated rings. The highest BCUT2D eigenvalue weighted by molar-refractivity contribution is 6.31. The Hall–Kier alpha value is -3.32. The van der Waals surface area contributed by atoms with Crippen LogP contribution in [0.25, 0.3) is 10.9 Å². The summed E-state index contributed by atoms with van der Waals surface area (Å²) in [6.07, 6.45) is 1.56. The molecular formula is C18H15ClN4O3. The lowest BCUT2D eigenvalue weighted by Crippen LogP contribution is -2.46. The van der Waals surface area contributed by atoms with Gasteiger partial charge in [0.15, 0.2) is 0 Å². The molecule has 8 heteroatoms. The molecule has 0 bridgehead atoms. The number of fused-ring (bicyclic) bond motifs is 1. The normalized spacial score (nSPS) is 10.3. The van der Waals surface area contributed by atoms with Crippen LogP contribution in [0.1, 0.15) is 20.7 Å². The molecule has 0 saturated heterocycles. The van der Waals surface area contributed by atoms with Crippen LogP contribution in [0, 0.1) is 0 Å². The Labute approximate surface area is 153 Å². The number of amides is 3. The molecule has 2 aromatic carbocycles. The van der Waals surface area contributed by atoms with E-state index in [4.69, 9.17) is 11.6 Å². The van der Waals surface area contributed by atoms with E-state index in [2.05, 4.69) is 21.2 Å². The molecule has 7 nitrogen and oxygen atoms in total. The van der Waals surface area contributed by atoms with Crippen molar-refractivity contribution in [3.05, 3.63) is 70.9 Å². The molecule has 0 radical (unpaired) electrons. The van der Waals surface area contributed by atoms with Gasteiger partial charge in [-0.2, -0.15) is 0 Å². The summed E-state index contributed by atoms with van der Waals surface area (Å²) in [5.74, 6) is -1.46. The van der Waals surface area contributed by atoms with Gasteiger partial charge in [-0.05, 0) is 24.3 Å². The minimum absolute atomic E-state index is 0.292. The monoisotopic (exact) mass is 370 g/mol. The van der Waals surface area contributed by atoms with Crippen molar-refractivity contribution < 1.29 is 14.4 Å². The van der Waals surface area contributed by atoms with Crippen molar-refractivity contribution in [3.8, 4) is 0 Å². The van der Waals surface area contributed by atoms with Crippen LogP contribution in [-0.4, -0.2) is 29.3 Å². The minimum atomic E-state index is -0.562. The van der Waals surface area contributed by atoms with Crippen molar-refractivity contribution >= 4 is 40.2 Å². The van der Waals surface area contributed by atoms with Gasteiger partial charge in [0, 0.05) is 27.7 Å². The predicted molar refractivity (Wildman–Crippen MR) is 97.7 cm³/mol. The molecule has 0 atom stereocenters. The van der Waals surface area contributed by atoms with E-state index in [1.807, 2.05) is 18.2 Å². The summed E-state index contributed by atoms with van der Waals surface area (Å²) in [5, 5.41) is 3.62. The molecule has 3 aromatic rings. The third kappa shape index (κ3) is 4.01. The second kappa shape index (κ2) is 7.71. The molecule has 0 aliphatic carbocycles. The number of halogens is 1. The molecule has 4 N–H and O–H groups in total. The lowest BCUT2D eigenvalue weighted by molar-refractivity contribution is -0.120. The van der Waals surface area contributed by atoms with Crippen LogP contribution >= 0.6 is 11.6 Å². The molecule has 1 heterocycles. The zero-order valence-corrected chi connectivity index (χ0v) is 14.3. The van der Waals surface area contributed by atoms with Crippen LogP contribution in [0.3, 0.4) is 0 Å². The second-order valence-corrected chi connectivity index (χ2v) is 5.88. The number of aromatic nitrogens is 1. The highest BCUT2D eigenvalue weighted by Gasteiger charge is 2.13. The molecule has 132 valence electrons. The summed E-state index contributed by atoms with van der Waals surface area (Å²) < 4.78 is 0. The number of hydrogen-bond acceptors (Lipinski definition) is 3. The number of carbonyl (C=O) groups excluding carboxylic acids is 3. The number of rotatable bonds is 4. The Balaban J connectivity index is 1.51. The van der Waals surface area contributed by atoms with Crippen molar-refractivity contribution in [1.29, 1.82) is 0 Å². The van der Waals surface area contributed by atoms with E-state index in [1.54, 1.807) is 30.5 Å². The predicted octanol–water partition coefficient (Wildman–Crippen LogP) is 2.01. The van der Waals surface area contributed by atoms with Gasteiger partial charge in [0.1, 0.15) is 0 Å². The van der Waals surface area contributed by atoms with Gasteiger partial charge in [-0.15, -0.1) is 0 Å². The summed E-state index contributed by atoms with van der Waals surface area (Å²) in [6, 6.07) is 13.7. The van der Waals surface area contributed by atoms with Gasteiger partial charge in [-0.3, -0.25) is 25.2 Å². The van der Waals surface area contributed by atoms with Crippen LogP contribution in [0.5, 0.6) is 0 Å². The van der Waals surface area contributed by atoms with E-state index in [1.165, 1.54) is 6.07 Å². The van der Waals surface area contributed by atoms with Crippen LogP contribution in [0.4, 0.5) is 0 Å². The fraction of sp³-hybridized carbons (Fsp3) is 0.0556. The van der Waals surface area contributed by atoms with E-state index in [-0.39, 0.29) is 6.54 Å². The van der Waals surface area contributed by atoms with Gasteiger partial charge in [0.05, 0.1) is 12.1 Å². The summed E-state index contributed by atoms with van der Waals surface area (Å²) >= 11 is 5.82. The van der Waals surface area contributed by atoms with Gasteiger partial charge in [0.2, 0.25) is 0 Å². The van der Waals surface area contributed by atoms with E-state index in [9.17, 15) is 14.4 Å². The third-order valence-electron chi connectivity index (χ3n) is 3.65. The maximum absolute atomic E-state index is 12.2. The first-order valence-electron chi connectivity index (χ1n) is 7.73. The molecule has 0 spiro atoms. The van der Waals surface area contributed by atoms with Crippen molar-refractivity contribution in [2.45, 2.75) is 0 Å². The molecule has 26 heavy (non-hydrogen) atoms. The standard InChI is InChI=1S/C18H15ClN4O3/c19-12-5-3-4-11(8-12)17(25)21-10-16(24)22-23-18(26)14-9-20-15-7-2-1-6-13(14)15/h1-9,20H,10H2,(H,21,25)(H,22,24)(H,23,26). The zero-order valence-electron chi connectivity index (χ0n) is 13.5. The molecule has 1 aromatic heterocycles. The van der Waals surface area contributed by atoms with Gasteiger partial charge in [-0.25, -0.2) is 0 Å². The fourth-order valence-corrected chi connectivity index (χ4v) is 2.58. The summed E-state index contributed by atoms with van der Waals surface area (Å²) in [4.78, 5) is 38.9. The van der Waals surface area contributed by atoms with E-state index >= 15 is 0 Å². The van der Waals surface area contributed by atoms with Gasteiger partial charge in [0.25, 0.3) is 17.7 Å². The number of hydrogen-bond donors (Lipinski definition) is 4. The number of hydrazine groups is 1.